The van der Waals surface area contributed by atoms with Crippen LogP contribution in [0.2, 0.25) is 5.02 Å². The molecule has 0 aromatic heterocycles. The standard InChI is InChI=1S/C12H15BrClN/c1-7-4-10(7)12(15)5-8-2-3-9(13)6-11(8)14/h2-3,6-7,10,12H,4-5,15H2,1H3. The van der Waals surface area contributed by atoms with Crippen molar-refractivity contribution in [1.29, 1.82) is 0 Å². The first-order chi connectivity index (χ1) is 7.08. The van der Waals surface area contributed by atoms with Crippen LogP contribution in [0.3, 0.4) is 0 Å². The Kier molecular flexibility index (Phi) is 3.39. The number of benzene rings is 1. The third-order valence-corrected chi connectivity index (χ3v) is 4.04. The molecule has 2 rings (SSSR count). The summed E-state index contributed by atoms with van der Waals surface area (Å²) in [4.78, 5) is 0. The Hall–Kier alpha value is -0.0500. The van der Waals surface area contributed by atoms with Crippen LogP contribution >= 0.6 is 27.5 Å². The average Bonchev–Trinajstić information content (AvgIpc) is 2.88. The van der Waals surface area contributed by atoms with E-state index in [0.29, 0.717) is 5.92 Å². The predicted molar refractivity (Wildman–Crippen MR) is 68.1 cm³/mol. The fourth-order valence-electron chi connectivity index (χ4n) is 2.04. The number of hydrogen-bond acceptors (Lipinski definition) is 1. The topological polar surface area (TPSA) is 26.0 Å². The van der Waals surface area contributed by atoms with Crippen molar-refractivity contribution in [3.05, 3.63) is 33.3 Å². The van der Waals surface area contributed by atoms with E-state index in [4.69, 9.17) is 17.3 Å². The minimum absolute atomic E-state index is 0.263. The lowest BCUT2D eigenvalue weighted by atomic mass is 10.0. The summed E-state index contributed by atoms with van der Waals surface area (Å²) in [5, 5.41) is 0.813. The highest BCUT2D eigenvalue weighted by Gasteiger charge is 2.37. The van der Waals surface area contributed by atoms with Crippen molar-refractivity contribution in [3.63, 3.8) is 0 Å². The molecule has 0 heterocycles. The van der Waals surface area contributed by atoms with Crippen molar-refractivity contribution >= 4 is 27.5 Å². The van der Waals surface area contributed by atoms with E-state index in [1.54, 1.807) is 0 Å². The van der Waals surface area contributed by atoms with Crippen LogP contribution in [-0.2, 0) is 6.42 Å². The average molecular weight is 289 g/mol. The highest BCUT2D eigenvalue weighted by atomic mass is 79.9. The summed E-state index contributed by atoms with van der Waals surface area (Å²) >= 11 is 9.55. The van der Waals surface area contributed by atoms with Crippen LogP contribution in [0.15, 0.2) is 22.7 Å². The van der Waals surface area contributed by atoms with Gasteiger partial charge < -0.3 is 5.73 Å². The molecule has 1 fully saturated rings. The van der Waals surface area contributed by atoms with Gasteiger partial charge in [0.2, 0.25) is 0 Å². The molecule has 0 aliphatic heterocycles. The van der Waals surface area contributed by atoms with E-state index in [2.05, 4.69) is 28.9 Å². The first kappa shape index (κ1) is 11.4. The fraction of sp³-hybridized carbons (Fsp3) is 0.500. The lowest BCUT2D eigenvalue weighted by molar-refractivity contribution is 0.560. The highest BCUT2D eigenvalue weighted by molar-refractivity contribution is 9.10. The van der Waals surface area contributed by atoms with Crippen LogP contribution < -0.4 is 5.73 Å². The molecule has 0 amide bonds. The smallest absolute Gasteiger partial charge is 0.0449 e. The Morgan fingerprint density at radius 1 is 1.60 bits per heavy atom. The van der Waals surface area contributed by atoms with Crippen molar-refractivity contribution in [2.75, 3.05) is 0 Å². The maximum absolute atomic E-state index is 6.15. The molecule has 1 aromatic rings. The van der Waals surface area contributed by atoms with Crippen LogP contribution in [0, 0.1) is 11.8 Å². The second-order valence-electron chi connectivity index (χ2n) is 4.48. The molecule has 0 spiro atoms. The molecule has 1 saturated carbocycles. The normalized spacial score (nSPS) is 26.4. The van der Waals surface area contributed by atoms with E-state index in [0.717, 1.165) is 27.4 Å². The Bertz CT molecular complexity index is 367. The van der Waals surface area contributed by atoms with E-state index in [9.17, 15) is 0 Å². The van der Waals surface area contributed by atoms with Gasteiger partial charge in [0.15, 0.2) is 0 Å². The summed E-state index contributed by atoms with van der Waals surface area (Å²) in [6, 6.07) is 6.27. The zero-order valence-electron chi connectivity index (χ0n) is 8.71. The maximum Gasteiger partial charge on any atom is 0.0449 e. The quantitative estimate of drug-likeness (QED) is 0.903. The van der Waals surface area contributed by atoms with Gasteiger partial charge in [0.1, 0.15) is 0 Å². The molecule has 82 valence electrons. The largest absolute Gasteiger partial charge is 0.327 e. The van der Waals surface area contributed by atoms with Crippen LogP contribution in [-0.4, -0.2) is 6.04 Å². The molecule has 2 N–H and O–H groups in total. The minimum atomic E-state index is 0.263. The van der Waals surface area contributed by atoms with Crippen molar-refractivity contribution < 1.29 is 0 Å². The van der Waals surface area contributed by atoms with E-state index in [1.165, 1.54) is 6.42 Å². The molecule has 3 atom stereocenters. The summed E-state index contributed by atoms with van der Waals surface area (Å²) in [6.45, 7) is 2.26. The highest BCUT2D eigenvalue weighted by Crippen LogP contribution is 2.41. The molecule has 0 bridgehead atoms. The Morgan fingerprint density at radius 2 is 2.27 bits per heavy atom. The Morgan fingerprint density at radius 3 is 2.80 bits per heavy atom. The van der Waals surface area contributed by atoms with Gasteiger partial charge in [-0.25, -0.2) is 0 Å². The SMILES string of the molecule is CC1CC1C(N)Cc1ccc(Br)cc1Cl. The third kappa shape index (κ3) is 2.74. The van der Waals surface area contributed by atoms with Crippen molar-refractivity contribution in [2.45, 2.75) is 25.8 Å². The van der Waals surface area contributed by atoms with Gasteiger partial charge in [0.05, 0.1) is 0 Å². The van der Waals surface area contributed by atoms with Crippen LogP contribution in [0.4, 0.5) is 0 Å². The van der Waals surface area contributed by atoms with E-state index < -0.39 is 0 Å². The van der Waals surface area contributed by atoms with Gasteiger partial charge in [-0.15, -0.1) is 0 Å². The second kappa shape index (κ2) is 4.44. The number of nitrogens with two attached hydrogens (primary N) is 1. The molecule has 1 nitrogen and oxygen atoms in total. The second-order valence-corrected chi connectivity index (χ2v) is 5.80. The third-order valence-electron chi connectivity index (χ3n) is 3.19. The van der Waals surface area contributed by atoms with Gasteiger partial charge in [-0.1, -0.05) is 40.5 Å². The summed E-state index contributed by atoms with van der Waals surface area (Å²) in [7, 11) is 0. The zero-order valence-corrected chi connectivity index (χ0v) is 11.1. The molecule has 15 heavy (non-hydrogen) atoms. The molecule has 3 unspecified atom stereocenters. The predicted octanol–water partition coefficient (Wildman–Crippen LogP) is 3.63. The molecular weight excluding hydrogens is 273 g/mol. The van der Waals surface area contributed by atoms with E-state index in [-0.39, 0.29) is 6.04 Å². The Balaban J connectivity index is 2.04. The summed E-state index contributed by atoms with van der Waals surface area (Å²) in [5.74, 6) is 1.50. The van der Waals surface area contributed by atoms with Crippen LogP contribution in [0.5, 0.6) is 0 Å². The molecule has 3 heteroatoms. The van der Waals surface area contributed by atoms with Gasteiger partial charge in [-0.2, -0.15) is 0 Å². The number of rotatable bonds is 3. The summed E-state index contributed by atoms with van der Waals surface area (Å²) in [6.07, 6.45) is 2.16. The van der Waals surface area contributed by atoms with Gasteiger partial charge in [0, 0.05) is 15.5 Å². The van der Waals surface area contributed by atoms with Gasteiger partial charge >= 0.3 is 0 Å². The molecular formula is C12H15BrClN. The Labute approximate surface area is 104 Å². The monoisotopic (exact) mass is 287 g/mol. The summed E-state index contributed by atoms with van der Waals surface area (Å²) in [5.41, 5.74) is 7.30. The zero-order chi connectivity index (χ0) is 11.0. The van der Waals surface area contributed by atoms with Gasteiger partial charge in [-0.05, 0) is 42.4 Å². The lowest BCUT2D eigenvalue weighted by Crippen LogP contribution is -2.26. The number of halogens is 2. The van der Waals surface area contributed by atoms with E-state index in [1.807, 2.05) is 12.1 Å². The number of hydrogen-bond donors (Lipinski definition) is 1. The molecule has 1 aliphatic carbocycles. The fourth-order valence-corrected chi connectivity index (χ4v) is 2.79. The van der Waals surface area contributed by atoms with Crippen LogP contribution in [0.25, 0.3) is 0 Å². The van der Waals surface area contributed by atoms with Crippen LogP contribution in [0.1, 0.15) is 18.9 Å². The first-order valence-corrected chi connectivity index (χ1v) is 6.44. The van der Waals surface area contributed by atoms with Crippen molar-refractivity contribution in [1.82, 2.24) is 0 Å². The minimum Gasteiger partial charge on any atom is -0.327 e. The van der Waals surface area contributed by atoms with E-state index >= 15 is 0 Å². The molecule has 1 aliphatic rings. The van der Waals surface area contributed by atoms with Crippen molar-refractivity contribution in [3.8, 4) is 0 Å². The molecule has 1 aromatic carbocycles. The van der Waals surface area contributed by atoms with Gasteiger partial charge in [0.25, 0.3) is 0 Å². The lowest BCUT2D eigenvalue weighted by Gasteiger charge is -2.12. The molecule has 0 radical (unpaired) electrons. The maximum atomic E-state index is 6.15. The van der Waals surface area contributed by atoms with Gasteiger partial charge in [-0.3, -0.25) is 0 Å². The molecule has 0 saturated heterocycles. The van der Waals surface area contributed by atoms with Crippen molar-refractivity contribution in [2.24, 2.45) is 17.6 Å². The first-order valence-electron chi connectivity index (χ1n) is 5.27. The summed E-state index contributed by atoms with van der Waals surface area (Å²) < 4.78 is 1.02.